The fraction of sp³-hybridized carbons (Fsp3) is 0.500. The molecule has 25 heavy (non-hydrogen) atoms. The van der Waals surface area contributed by atoms with Gasteiger partial charge in [0.15, 0.2) is 0 Å². The summed E-state index contributed by atoms with van der Waals surface area (Å²) < 4.78 is 0. The molecule has 3 nitrogen and oxygen atoms in total. The second-order valence-electron chi connectivity index (χ2n) is 7.42. The van der Waals surface area contributed by atoms with Crippen molar-refractivity contribution in [2.45, 2.75) is 51.6 Å². The fourth-order valence-electron chi connectivity index (χ4n) is 3.79. The van der Waals surface area contributed by atoms with Gasteiger partial charge in [-0.05, 0) is 81.4 Å². The summed E-state index contributed by atoms with van der Waals surface area (Å²) in [5.41, 5.74) is 4.27. The first-order valence-electron chi connectivity index (χ1n) is 9.62. The zero-order valence-electron chi connectivity index (χ0n) is 15.6. The Labute approximate surface area is 152 Å². The molecule has 3 rings (SSSR count). The molecule has 1 aromatic carbocycles. The molecule has 0 saturated carbocycles. The van der Waals surface area contributed by atoms with Crippen molar-refractivity contribution in [1.29, 1.82) is 0 Å². The van der Waals surface area contributed by atoms with Gasteiger partial charge in [0.2, 0.25) is 0 Å². The minimum atomic E-state index is 0.537. The third kappa shape index (κ3) is 5.65. The van der Waals surface area contributed by atoms with Crippen molar-refractivity contribution >= 4 is 0 Å². The Morgan fingerprint density at radius 2 is 1.84 bits per heavy atom. The molecule has 2 heterocycles. The summed E-state index contributed by atoms with van der Waals surface area (Å²) in [4.78, 5) is 6.69. The van der Waals surface area contributed by atoms with Gasteiger partial charge in [0.1, 0.15) is 0 Å². The quantitative estimate of drug-likeness (QED) is 0.836. The predicted molar refractivity (Wildman–Crippen MR) is 105 cm³/mol. The zero-order chi connectivity index (χ0) is 17.5. The van der Waals surface area contributed by atoms with Crippen LogP contribution >= 0.6 is 0 Å². The molecule has 1 N–H and O–H groups in total. The van der Waals surface area contributed by atoms with Crippen LogP contribution in [0.25, 0.3) is 0 Å². The number of rotatable bonds is 7. The van der Waals surface area contributed by atoms with Crippen LogP contribution in [0.4, 0.5) is 0 Å². The number of aromatic nitrogens is 1. The first-order valence-corrected chi connectivity index (χ1v) is 9.62. The Kier molecular flexibility index (Phi) is 6.60. The van der Waals surface area contributed by atoms with E-state index < -0.39 is 0 Å². The van der Waals surface area contributed by atoms with E-state index in [0.29, 0.717) is 12.1 Å². The molecule has 0 aliphatic carbocycles. The van der Waals surface area contributed by atoms with Crippen LogP contribution in [0.3, 0.4) is 0 Å². The molecule has 1 aliphatic rings. The molecule has 1 aromatic heterocycles. The molecule has 0 spiro atoms. The molecular formula is C22H31N3. The van der Waals surface area contributed by atoms with E-state index >= 15 is 0 Å². The highest BCUT2D eigenvalue weighted by molar-refractivity contribution is 5.26. The first kappa shape index (κ1) is 18.1. The molecule has 1 fully saturated rings. The summed E-state index contributed by atoms with van der Waals surface area (Å²) in [6.45, 7) is 8.11. The van der Waals surface area contributed by atoms with Gasteiger partial charge in [0.05, 0.1) is 0 Å². The van der Waals surface area contributed by atoms with Gasteiger partial charge in [-0.25, -0.2) is 0 Å². The average Bonchev–Trinajstić information content (AvgIpc) is 2.64. The lowest BCUT2D eigenvalue weighted by Crippen LogP contribution is -2.46. The SMILES string of the molecule is Cc1ccccc1CC(C)NC1CCN(CCc2ccncc2)CC1. The number of nitrogens with one attached hydrogen (secondary N) is 1. The summed E-state index contributed by atoms with van der Waals surface area (Å²) >= 11 is 0. The summed E-state index contributed by atoms with van der Waals surface area (Å²) in [5, 5.41) is 3.85. The molecule has 134 valence electrons. The Balaban J connectivity index is 1.38. The van der Waals surface area contributed by atoms with Crippen molar-refractivity contribution in [2.24, 2.45) is 0 Å². The molecule has 1 aliphatic heterocycles. The van der Waals surface area contributed by atoms with E-state index in [1.807, 2.05) is 12.4 Å². The van der Waals surface area contributed by atoms with Crippen molar-refractivity contribution < 1.29 is 0 Å². The topological polar surface area (TPSA) is 28.2 Å². The van der Waals surface area contributed by atoms with Gasteiger partial charge < -0.3 is 10.2 Å². The number of aryl methyl sites for hydroxylation is 1. The van der Waals surface area contributed by atoms with E-state index in [1.54, 1.807) is 0 Å². The van der Waals surface area contributed by atoms with E-state index in [4.69, 9.17) is 0 Å². The summed E-state index contributed by atoms with van der Waals surface area (Å²) in [7, 11) is 0. The van der Waals surface area contributed by atoms with Gasteiger partial charge >= 0.3 is 0 Å². The Morgan fingerprint density at radius 3 is 2.56 bits per heavy atom. The number of benzene rings is 1. The van der Waals surface area contributed by atoms with Crippen LogP contribution in [0.1, 0.15) is 36.5 Å². The molecule has 0 radical (unpaired) electrons. The van der Waals surface area contributed by atoms with Crippen LogP contribution in [-0.2, 0) is 12.8 Å². The van der Waals surface area contributed by atoms with E-state index in [1.165, 1.54) is 42.6 Å². The van der Waals surface area contributed by atoms with Gasteiger partial charge in [-0.1, -0.05) is 24.3 Å². The molecule has 2 aromatic rings. The number of piperidine rings is 1. The molecular weight excluding hydrogens is 306 g/mol. The number of hydrogen-bond acceptors (Lipinski definition) is 3. The van der Waals surface area contributed by atoms with Crippen molar-refractivity contribution in [1.82, 2.24) is 15.2 Å². The van der Waals surface area contributed by atoms with Crippen molar-refractivity contribution in [3.8, 4) is 0 Å². The molecule has 0 bridgehead atoms. The molecule has 0 amide bonds. The van der Waals surface area contributed by atoms with Gasteiger partial charge in [-0.15, -0.1) is 0 Å². The highest BCUT2D eigenvalue weighted by Crippen LogP contribution is 2.14. The molecule has 1 unspecified atom stereocenters. The minimum Gasteiger partial charge on any atom is -0.311 e. The third-order valence-corrected chi connectivity index (χ3v) is 5.36. The predicted octanol–water partition coefficient (Wildman–Crippen LogP) is 3.62. The average molecular weight is 338 g/mol. The number of nitrogens with zero attached hydrogens (tertiary/aromatic N) is 2. The van der Waals surface area contributed by atoms with Crippen LogP contribution in [0, 0.1) is 6.92 Å². The van der Waals surface area contributed by atoms with Gasteiger partial charge in [-0.3, -0.25) is 4.98 Å². The highest BCUT2D eigenvalue weighted by atomic mass is 15.1. The standard InChI is InChI=1S/C22H31N3/c1-18-5-3-4-6-21(18)17-19(2)24-22-10-15-25(16-11-22)14-9-20-7-12-23-13-8-20/h3-8,12-13,19,22,24H,9-11,14-17H2,1-2H3. The maximum atomic E-state index is 4.09. The molecule has 3 heteroatoms. The minimum absolute atomic E-state index is 0.537. The van der Waals surface area contributed by atoms with E-state index in [0.717, 1.165) is 19.4 Å². The van der Waals surface area contributed by atoms with Crippen LogP contribution in [0.5, 0.6) is 0 Å². The summed E-state index contributed by atoms with van der Waals surface area (Å²) in [6, 6.07) is 14.2. The van der Waals surface area contributed by atoms with Crippen LogP contribution < -0.4 is 5.32 Å². The highest BCUT2D eigenvalue weighted by Gasteiger charge is 2.20. The monoisotopic (exact) mass is 337 g/mol. The van der Waals surface area contributed by atoms with E-state index in [9.17, 15) is 0 Å². The third-order valence-electron chi connectivity index (χ3n) is 5.36. The maximum Gasteiger partial charge on any atom is 0.0270 e. The van der Waals surface area contributed by atoms with Crippen LogP contribution in [0.2, 0.25) is 0 Å². The molecule has 1 atom stereocenters. The summed E-state index contributed by atoms with van der Waals surface area (Å²) in [5.74, 6) is 0. The fourth-order valence-corrected chi connectivity index (χ4v) is 3.79. The Hall–Kier alpha value is -1.71. The Bertz CT molecular complexity index is 633. The number of pyridine rings is 1. The van der Waals surface area contributed by atoms with Crippen LogP contribution in [0.15, 0.2) is 48.8 Å². The number of hydrogen-bond donors (Lipinski definition) is 1. The smallest absolute Gasteiger partial charge is 0.0270 e. The van der Waals surface area contributed by atoms with Gasteiger partial charge in [0.25, 0.3) is 0 Å². The second kappa shape index (κ2) is 9.12. The summed E-state index contributed by atoms with van der Waals surface area (Å²) in [6.07, 6.45) is 8.55. The van der Waals surface area contributed by atoms with Gasteiger partial charge in [0, 0.05) is 31.0 Å². The Morgan fingerprint density at radius 1 is 1.12 bits per heavy atom. The van der Waals surface area contributed by atoms with E-state index in [-0.39, 0.29) is 0 Å². The van der Waals surface area contributed by atoms with Crippen LogP contribution in [-0.4, -0.2) is 41.6 Å². The van der Waals surface area contributed by atoms with E-state index in [2.05, 4.69) is 65.4 Å². The largest absolute Gasteiger partial charge is 0.311 e. The first-order chi connectivity index (χ1) is 12.2. The molecule has 1 saturated heterocycles. The lowest BCUT2D eigenvalue weighted by atomic mass is 9.99. The lowest BCUT2D eigenvalue weighted by molar-refractivity contribution is 0.193. The maximum absolute atomic E-state index is 4.09. The lowest BCUT2D eigenvalue weighted by Gasteiger charge is -2.34. The number of likely N-dealkylation sites (tertiary alicyclic amines) is 1. The van der Waals surface area contributed by atoms with Crippen molar-refractivity contribution in [3.63, 3.8) is 0 Å². The van der Waals surface area contributed by atoms with Crippen molar-refractivity contribution in [3.05, 3.63) is 65.5 Å². The van der Waals surface area contributed by atoms with Crippen molar-refractivity contribution in [2.75, 3.05) is 19.6 Å². The van der Waals surface area contributed by atoms with Gasteiger partial charge in [-0.2, -0.15) is 0 Å². The zero-order valence-corrected chi connectivity index (χ0v) is 15.6. The normalized spacial score (nSPS) is 17.5. The second-order valence-corrected chi connectivity index (χ2v) is 7.42.